The van der Waals surface area contributed by atoms with Crippen LogP contribution in [0.1, 0.15) is 63.0 Å². The molecule has 3 atom stereocenters. The Morgan fingerprint density at radius 2 is 1.95 bits per heavy atom. The quantitative estimate of drug-likeness (QED) is 0.869. The highest BCUT2D eigenvalue weighted by atomic mass is 16.1. The molecule has 2 aliphatic carbocycles. The third-order valence-electron chi connectivity index (χ3n) is 5.37. The summed E-state index contributed by atoms with van der Waals surface area (Å²) in [5.41, 5.74) is 2.63. The lowest BCUT2D eigenvalue weighted by Crippen LogP contribution is -2.38. The number of nitrogens with one attached hydrogen (secondary N) is 1. The van der Waals surface area contributed by atoms with Crippen LogP contribution in [-0.2, 0) is 11.2 Å². The predicted molar refractivity (Wildman–Crippen MR) is 86.2 cm³/mol. The first-order chi connectivity index (χ1) is 10.1. The summed E-state index contributed by atoms with van der Waals surface area (Å²) in [6.45, 7) is 4.41. The SMILES string of the molecule is CC(C)c1ccc(CCC(=O)NC2CC3CCC2C3)cc1. The molecule has 0 heterocycles. The number of rotatable bonds is 5. The second kappa shape index (κ2) is 6.21. The van der Waals surface area contributed by atoms with Crippen molar-refractivity contribution in [3.63, 3.8) is 0 Å². The number of aryl methyl sites for hydroxylation is 1. The zero-order valence-corrected chi connectivity index (χ0v) is 13.3. The van der Waals surface area contributed by atoms with Crippen molar-refractivity contribution >= 4 is 5.91 Å². The molecular weight excluding hydrogens is 258 g/mol. The van der Waals surface area contributed by atoms with E-state index in [1.165, 1.54) is 36.8 Å². The van der Waals surface area contributed by atoms with Gasteiger partial charge in [0, 0.05) is 12.5 Å². The molecule has 1 N–H and O–H groups in total. The van der Waals surface area contributed by atoms with Crippen LogP contribution < -0.4 is 5.32 Å². The van der Waals surface area contributed by atoms with E-state index in [1.807, 2.05) is 0 Å². The summed E-state index contributed by atoms with van der Waals surface area (Å²) >= 11 is 0. The van der Waals surface area contributed by atoms with E-state index >= 15 is 0 Å². The van der Waals surface area contributed by atoms with Crippen LogP contribution in [0.4, 0.5) is 0 Å². The number of hydrogen-bond acceptors (Lipinski definition) is 1. The van der Waals surface area contributed by atoms with Gasteiger partial charge >= 0.3 is 0 Å². The highest BCUT2D eigenvalue weighted by Crippen LogP contribution is 2.44. The topological polar surface area (TPSA) is 29.1 Å². The fourth-order valence-electron chi connectivity index (χ4n) is 4.03. The van der Waals surface area contributed by atoms with Crippen molar-refractivity contribution in [3.8, 4) is 0 Å². The van der Waals surface area contributed by atoms with Gasteiger partial charge in [-0.1, -0.05) is 44.5 Å². The second-order valence-electron chi connectivity index (χ2n) is 7.25. The molecule has 0 radical (unpaired) electrons. The van der Waals surface area contributed by atoms with Crippen LogP contribution in [0.3, 0.4) is 0 Å². The molecule has 1 aromatic carbocycles. The minimum Gasteiger partial charge on any atom is -0.353 e. The second-order valence-corrected chi connectivity index (χ2v) is 7.25. The lowest BCUT2D eigenvalue weighted by Gasteiger charge is -2.22. The molecule has 1 amide bonds. The highest BCUT2D eigenvalue weighted by molar-refractivity contribution is 5.76. The summed E-state index contributed by atoms with van der Waals surface area (Å²) < 4.78 is 0. The van der Waals surface area contributed by atoms with E-state index in [4.69, 9.17) is 0 Å². The van der Waals surface area contributed by atoms with Gasteiger partial charge in [-0.05, 0) is 54.6 Å². The lowest BCUT2D eigenvalue weighted by molar-refractivity contribution is -0.122. The van der Waals surface area contributed by atoms with Gasteiger partial charge in [0.25, 0.3) is 0 Å². The zero-order chi connectivity index (χ0) is 14.8. The van der Waals surface area contributed by atoms with Crippen molar-refractivity contribution in [2.75, 3.05) is 0 Å². The first kappa shape index (κ1) is 14.6. The Hall–Kier alpha value is -1.31. The van der Waals surface area contributed by atoms with E-state index in [9.17, 15) is 4.79 Å². The molecule has 3 rings (SSSR count). The summed E-state index contributed by atoms with van der Waals surface area (Å²) in [5, 5.41) is 3.27. The molecule has 2 fully saturated rings. The van der Waals surface area contributed by atoms with Gasteiger partial charge in [-0.25, -0.2) is 0 Å². The Morgan fingerprint density at radius 3 is 2.52 bits per heavy atom. The van der Waals surface area contributed by atoms with Gasteiger partial charge in [-0.15, -0.1) is 0 Å². The molecule has 2 saturated carbocycles. The minimum atomic E-state index is 0.237. The van der Waals surface area contributed by atoms with Crippen molar-refractivity contribution < 1.29 is 4.79 Å². The maximum Gasteiger partial charge on any atom is 0.220 e. The van der Waals surface area contributed by atoms with Gasteiger partial charge in [0.05, 0.1) is 0 Å². The maximum absolute atomic E-state index is 12.1. The average molecular weight is 285 g/mol. The highest BCUT2D eigenvalue weighted by Gasteiger charge is 2.39. The Morgan fingerprint density at radius 1 is 1.19 bits per heavy atom. The Labute approximate surface area is 128 Å². The Kier molecular flexibility index (Phi) is 4.32. The van der Waals surface area contributed by atoms with Gasteiger partial charge < -0.3 is 5.32 Å². The number of hydrogen-bond donors (Lipinski definition) is 1. The summed E-state index contributed by atoms with van der Waals surface area (Å²) in [6.07, 6.45) is 6.76. The molecule has 2 nitrogen and oxygen atoms in total. The van der Waals surface area contributed by atoms with E-state index in [2.05, 4.69) is 43.4 Å². The predicted octanol–water partition coefficient (Wildman–Crippen LogP) is 4.05. The molecule has 0 spiro atoms. The van der Waals surface area contributed by atoms with Crippen LogP contribution >= 0.6 is 0 Å². The summed E-state index contributed by atoms with van der Waals surface area (Å²) in [5.74, 6) is 2.47. The summed E-state index contributed by atoms with van der Waals surface area (Å²) in [6, 6.07) is 9.18. The molecular formula is C19H27NO. The summed E-state index contributed by atoms with van der Waals surface area (Å²) in [7, 11) is 0. The number of amides is 1. The van der Waals surface area contributed by atoms with Crippen molar-refractivity contribution in [2.45, 2.75) is 64.3 Å². The lowest BCUT2D eigenvalue weighted by atomic mass is 9.95. The van der Waals surface area contributed by atoms with Gasteiger partial charge in [-0.3, -0.25) is 4.79 Å². The van der Waals surface area contributed by atoms with Gasteiger partial charge in [-0.2, -0.15) is 0 Å². The van der Waals surface area contributed by atoms with Crippen LogP contribution in [0.15, 0.2) is 24.3 Å². The van der Waals surface area contributed by atoms with Gasteiger partial charge in [0.2, 0.25) is 5.91 Å². The van der Waals surface area contributed by atoms with Crippen LogP contribution in [-0.4, -0.2) is 11.9 Å². The van der Waals surface area contributed by atoms with Crippen LogP contribution in [0.2, 0.25) is 0 Å². The van der Waals surface area contributed by atoms with E-state index in [0.717, 1.165) is 18.3 Å². The fourth-order valence-corrected chi connectivity index (χ4v) is 4.03. The van der Waals surface area contributed by atoms with E-state index < -0.39 is 0 Å². The smallest absolute Gasteiger partial charge is 0.220 e. The summed E-state index contributed by atoms with van der Waals surface area (Å²) in [4.78, 5) is 12.1. The first-order valence-electron chi connectivity index (χ1n) is 8.50. The average Bonchev–Trinajstić information content (AvgIpc) is 3.08. The normalized spacial score (nSPS) is 27.3. The van der Waals surface area contributed by atoms with Crippen molar-refractivity contribution in [3.05, 3.63) is 35.4 Å². The van der Waals surface area contributed by atoms with Crippen molar-refractivity contribution in [1.29, 1.82) is 0 Å². The zero-order valence-electron chi connectivity index (χ0n) is 13.3. The Balaban J connectivity index is 1.45. The third-order valence-corrected chi connectivity index (χ3v) is 5.37. The maximum atomic E-state index is 12.1. The first-order valence-corrected chi connectivity index (χ1v) is 8.50. The molecule has 2 heteroatoms. The van der Waals surface area contributed by atoms with Gasteiger partial charge in [0.1, 0.15) is 0 Å². The van der Waals surface area contributed by atoms with E-state index in [-0.39, 0.29) is 5.91 Å². The van der Waals surface area contributed by atoms with Crippen molar-refractivity contribution in [2.24, 2.45) is 11.8 Å². The number of carbonyl (C=O) groups excluding carboxylic acids is 1. The molecule has 0 aromatic heterocycles. The van der Waals surface area contributed by atoms with E-state index in [1.54, 1.807) is 0 Å². The number of fused-ring (bicyclic) bond motifs is 2. The van der Waals surface area contributed by atoms with Crippen LogP contribution in [0.25, 0.3) is 0 Å². The molecule has 114 valence electrons. The molecule has 2 aliphatic rings. The monoisotopic (exact) mass is 285 g/mol. The number of carbonyl (C=O) groups is 1. The Bertz CT molecular complexity index is 491. The van der Waals surface area contributed by atoms with Crippen LogP contribution in [0, 0.1) is 11.8 Å². The molecule has 1 aromatic rings. The molecule has 0 aliphatic heterocycles. The van der Waals surface area contributed by atoms with Crippen molar-refractivity contribution in [1.82, 2.24) is 5.32 Å². The standard InChI is InChI=1S/C19H27NO/c1-13(2)16-7-3-14(4-8-16)6-10-19(21)20-18-12-15-5-9-17(18)11-15/h3-4,7-8,13,15,17-18H,5-6,9-12H2,1-2H3,(H,20,21). The molecule has 0 saturated heterocycles. The molecule has 2 bridgehead atoms. The fraction of sp³-hybridized carbons (Fsp3) is 0.632. The molecule has 3 unspecified atom stereocenters. The van der Waals surface area contributed by atoms with E-state index in [0.29, 0.717) is 18.4 Å². The number of benzene rings is 1. The third kappa shape index (κ3) is 3.48. The minimum absolute atomic E-state index is 0.237. The van der Waals surface area contributed by atoms with Crippen LogP contribution in [0.5, 0.6) is 0 Å². The molecule has 21 heavy (non-hydrogen) atoms. The van der Waals surface area contributed by atoms with Gasteiger partial charge in [0.15, 0.2) is 0 Å². The largest absolute Gasteiger partial charge is 0.353 e.